The molecule has 166 valence electrons. The van der Waals surface area contributed by atoms with Crippen LogP contribution in [0.2, 0.25) is 0 Å². The van der Waals surface area contributed by atoms with Gasteiger partial charge in [-0.05, 0) is 0 Å². The van der Waals surface area contributed by atoms with Gasteiger partial charge in [-0.25, -0.2) is 9.97 Å². The van der Waals surface area contributed by atoms with Gasteiger partial charge in [-0.15, -0.1) is 0 Å². The first-order valence-electron chi connectivity index (χ1n) is 8.88. The van der Waals surface area contributed by atoms with Crippen LogP contribution in [0.15, 0.2) is 33.5 Å². The van der Waals surface area contributed by atoms with Crippen LogP contribution in [0.3, 0.4) is 0 Å². The number of anilines is 2. The second-order valence-corrected chi connectivity index (χ2v) is 6.62. The standard InChI is InChI=1S/C18H16N6O8/c19-15-11(13(27)9-5(1-21-9)7(3-25)17(29)30)23-16(20)12(24-15)14(28)10-6(2-22-10)8(4-26)18(31)32/h1-2,7-8,25-26H,3-4H2,(H2,20,23)(H2,19,24)(H,29,30)(H,31,32)/t7-,8?/m0/s1. The number of carbonyl (C=O) groups is 4. The largest absolute Gasteiger partial charge is 0.481 e. The summed E-state index contributed by atoms with van der Waals surface area (Å²) in [6.07, 6.45) is 2.21. The lowest BCUT2D eigenvalue weighted by Crippen LogP contribution is -2.34. The molecular weight excluding hydrogens is 428 g/mol. The van der Waals surface area contributed by atoms with Crippen LogP contribution in [0.5, 0.6) is 0 Å². The molecule has 0 aromatic carbocycles. The highest BCUT2D eigenvalue weighted by Crippen LogP contribution is 2.27. The minimum absolute atomic E-state index is 0.0350. The van der Waals surface area contributed by atoms with Gasteiger partial charge in [-0.2, -0.15) is 0 Å². The molecule has 0 spiro atoms. The molecule has 1 unspecified atom stereocenters. The number of aliphatic hydroxyl groups is 2. The van der Waals surface area contributed by atoms with Gasteiger partial charge in [0.2, 0.25) is 11.6 Å². The third-order valence-electron chi connectivity index (χ3n) is 4.73. The number of carboxylic acid groups (broad SMARTS) is 2. The zero-order valence-corrected chi connectivity index (χ0v) is 16.1. The fourth-order valence-electron chi connectivity index (χ4n) is 2.94. The van der Waals surface area contributed by atoms with E-state index < -0.39 is 71.6 Å². The maximum atomic E-state index is 12.7. The number of ketones is 2. The Morgan fingerprint density at radius 2 is 1.09 bits per heavy atom. The summed E-state index contributed by atoms with van der Waals surface area (Å²) in [4.78, 5) is 62.8. The van der Waals surface area contributed by atoms with Crippen LogP contribution in [0.1, 0.15) is 21.0 Å². The first-order chi connectivity index (χ1) is 15.1. The van der Waals surface area contributed by atoms with E-state index in [9.17, 15) is 29.4 Å². The van der Waals surface area contributed by atoms with E-state index in [4.69, 9.17) is 21.7 Å². The zero-order valence-electron chi connectivity index (χ0n) is 16.1. The molecule has 14 nitrogen and oxygen atoms in total. The van der Waals surface area contributed by atoms with E-state index in [1.807, 2.05) is 0 Å². The number of rotatable bonds is 10. The van der Waals surface area contributed by atoms with E-state index in [1.165, 1.54) is 0 Å². The average Bonchev–Trinajstić information content (AvgIpc) is 2.68. The lowest BCUT2D eigenvalue weighted by Gasteiger charge is -2.21. The molecule has 0 radical (unpaired) electrons. The van der Waals surface area contributed by atoms with E-state index in [0.29, 0.717) is 0 Å². The molecule has 1 aromatic rings. The van der Waals surface area contributed by atoms with Crippen LogP contribution >= 0.6 is 0 Å². The first-order valence-corrected chi connectivity index (χ1v) is 8.88. The van der Waals surface area contributed by atoms with E-state index in [-0.39, 0.29) is 22.6 Å². The number of nitrogens with zero attached hydrogens (tertiary/aromatic N) is 4. The van der Waals surface area contributed by atoms with E-state index in [0.717, 1.165) is 12.4 Å². The fourth-order valence-corrected chi connectivity index (χ4v) is 2.94. The van der Waals surface area contributed by atoms with Crippen molar-refractivity contribution in [3.8, 4) is 0 Å². The summed E-state index contributed by atoms with van der Waals surface area (Å²) in [6.45, 7) is -1.54. The molecule has 0 saturated carbocycles. The van der Waals surface area contributed by atoms with Gasteiger partial charge in [0.05, 0.1) is 13.2 Å². The number of Topliss-reactive ketones (excluding diaryl/α,β-unsaturated/α-hetero) is 2. The molecule has 0 amide bonds. The van der Waals surface area contributed by atoms with Crippen LogP contribution in [0, 0.1) is 11.8 Å². The lowest BCUT2D eigenvalue weighted by molar-refractivity contribution is -0.142. The minimum Gasteiger partial charge on any atom is -0.481 e. The fraction of sp³-hybridized carbons (Fsp3) is 0.222. The molecular formula is C18H16N6O8. The van der Waals surface area contributed by atoms with Gasteiger partial charge >= 0.3 is 11.9 Å². The predicted octanol–water partition coefficient (Wildman–Crippen LogP) is -1.93. The normalized spacial score (nSPS) is 16.3. The van der Waals surface area contributed by atoms with Crippen molar-refractivity contribution < 1.29 is 39.6 Å². The molecule has 1 aromatic heterocycles. The van der Waals surface area contributed by atoms with Crippen LogP contribution in [-0.4, -0.2) is 78.5 Å². The van der Waals surface area contributed by atoms with E-state index >= 15 is 0 Å². The van der Waals surface area contributed by atoms with Crippen molar-refractivity contribution in [1.82, 2.24) is 9.97 Å². The Bertz CT molecular complexity index is 1090. The number of aliphatic imine (C=N–C) groups is 2. The van der Waals surface area contributed by atoms with Crippen molar-refractivity contribution in [3.63, 3.8) is 0 Å². The number of carboxylic acids is 2. The summed E-state index contributed by atoms with van der Waals surface area (Å²) in [5, 5.41) is 36.7. The topological polar surface area (TPSA) is 252 Å². The second-order valence-electron chi connectivity index (χ2n) is 6.62. The summed E-state index contributed by atoms with van der Waals surface area (Å²) in [7, 11) is 0. The van der Waals surface area contributed by atoms with Gasteiger partial charge < -0.3 is 31.9 Å². The van der Waals surface area contributed by atoms with Crippen LogP contribution in [-0.2, 0) is 9.59 Å². The maximum absolute atomic E-state index is 12.7. The number of carbonyl (C=O) groups excluding carboxylic acids is 2. The number of hydrogen-bond acceptors (Lipinski definition) is 12. The second kappa shape index (κ2) is 8.44. The number of nitrogens with two attached hydrogens (primary N) is 2. The maximum Gasteiger partial charge on any atom is 0.313 e. The molecule has 32 heavy (non-hydrogen) atoms. The molecule has 0 fully saturated rings. The molecule has 14 heteroatoms. The monoisotopic (exact) mass is 444 g/mol. The number of nitrogen functional groups attached to an aromatic ring is 2. The van der Waals surface area contributed by atoms with Crippen LogP contribution in [0.4, 0.5) is 11.6 Å². The summed E-state index contributed by atoms with van der Waals surface area (Å²) in [5.74, 6) is -8.35. The van der Waals surface area contributed by atoms with Crippen molar-refractivity contribution in [1.29, 1.82) is 0 Å². The summed E-state index contributed by atoms with van der Waals surface area (Å²) < 4.78 is 0. The summed E-state index contributed by atoms with van der Waals surface area (Å²) >= 11 is 0. The Balaban J connectivity index is 1.85. The van der Waals surface area contributed by atoms with Gasteiger partial charge in [-0.3, -0.25) is 29.2 Å². The Morgan fingerprint density at radius 3 is 1.31 bits per heavy atom. The molecule has 2 aliphatic heterocycles. The van der Waals surface area contributed by atoms with Gasteiger partial charge in [0, 0.05) is 23.5 Å². The lowest BCUT2D eigenvalue weighted by atomic mass is 9.89. The number of aliphatic hydroxyl groups excluding tert-OH is 2. The zero-order chi connectivity index (χ0) is 23.7. The van der Waals surface area contributed by atoms with Gasteiger partial charge in [0.15, 0.2) is 23.0 Å². The SMILES string of the molecule is Nc1nc(C(=O)C2=NC=C2[C@H](CO)C(=O)O)c(N)nc1C(=O)C1=NC=C1C(CO)C(=O)O. The van der Waals surface area contributed by atoms with Crippen molar-refractivity contribution in [2.45, 2.75) is 0 Å². The predicted molar refractivity (Wildman–Crippen MR) is 107 cm³/mol. The number of hydrogen-bond donors (Lipinski definition) is 6. The number of aromatic nitrogens is 2. The Labute approximate surface area is 178 Å². The van der Waals surface area contributed by atoms with E-state index in [2.05, 4.69) is 20.0 Å². The molecule has 3 rings (SSSR count). The van der Waals surface area contributed by atoms with Gasteiger partial charge in [0.1, 0.15) is 23.3 Å². The smallest absolute Gasteiger partial charge is 0.313 e. The highest BCUT2D eigenvalue weighted by atomic mass is 16.4. The average molecular weight is 444 g/mol. The molecule has 0 aliphatic carbocycles. The minimum atomic E-state index is -1.38. The molecule has 0 bridgehead atoms. The van der Waals surface area contributed by atoms with Crippen molar-refractivity contribution >= 4 is 46.6 Å². The van der Waals surface area contributed by atoms with E-state index in [1.54, 1.807) is 0 Å². The quantitative estimate of drug-likeness (QED) is 0.216. The third-order valence-corrected chi connectivity index (χ3v) is 4.73. The van der Waals surface area contributed by atoms with Crippen molar-refractivity contribution in [2.75, 3.05) is 24.7 Å². The molecule has 0 saturated heterocycles. The van der Waals surface area contributed by atoms with Crippen LogP contribution < -0.4 is 11.5 Å². The van der Waals surface area contributed by atoms with Gasteiger partial charge in [0.25, 0.3) is 0 Å². The molecule has 2 aliphatic rings. The van der Waals surface area contributed by atoms with Crippen LogP contribution in [0.25, 0.3) is 0 Å². The molecule has 2 atom stereocenters. The highest BCUT2D eigenvalue weighted by Gasteiger charge is 2.37. The number of aliphatic carboxylic acids is 2. The van der Waals surface area contributed by atoms with Crippen molar-refractivity contribution in [3.05, 3.63) is 34.9 Å². The Hall–Kier alpha value is -4.30. The summed E-state index contributed by atoms with van der Waals surface area (Å²) in [6, 6.07) is 0. The Kier molecular flexibility index (Phi) is 5.91. The molecule has 8 N–H and O–H groups in total. The summed E-state index contributed by atoms with van der Waals surface area (Å²) in [5.41, 5.74) is 9.86. The molecule has 3 heterocycles. The van der Waals surface area contributed by atoms with Crippen molar-refractivity contribution in [2.24, 2.45) is 21.8 Å². The highest BCUT2D eigenvalue weighted by molar-refractivity contribution is 6.55. The Morgan fingerprint density at radius 1 is 0.750 bits per heavy atom. The van der Waals surface area contributed by atoms with Gasteiger partial charge in [-0.1, -0.05) is 0 Å². The first kappa shape index (κ1) is 22.4. The third kappa shape index (κ3) is 3.63.